The third kappa shape index (κ3) is 5.78. The molecular formula is C17H23F5N4O2S. The quantitative estimate of drug-likeness (QED) is 0.418. The number of aliphatic imine (C=N–C) groups is 1. The van der Waals surface area contributed by atoms with Crippen LogP contribution in [0.25, 0.3) is 0 Å². The Kier molecular flexibility index (Phi) is 7.44. The van der Waals surface area contributed by atoms with Crippen LogP contribution >= 0.6 is 0 Å². The van der Waals surface area contributed by atoms with Gasteiger partial charge in [-0.1, -0.05) is 13.0 Å². The fourth-order valence-electron chi connectivity index (χ4n) is 3.04. The number of piperidine rings is 1. The van der Waals surface area contributed by atoms with Crippen molar-refractivity contribution in [2.75, 3.05) is 26.7 Å². The molecule has 0 bridgehead atoms. The van der Waals surface area contributed by atoms with E-state index in [9.17, 15) is 30.4 Å². The van der Waals surface area contributed by atoms with Crippen molar-refractivity contribution < 1.29 is 30.4 Å². The minimum absolute atomic E-state index is 0.179. The van der Waals surface area contributed by atoms with Gasteiger partial charge < -0.3 is 10.6 Å². The lowest BCUT2D eigenvalue weighted by Crippen LogP contribution is -2.52. The van der Waals surface area contributed by atoms with Crippen LogP contribution in [0.4, 0.5) is 22.0 Å². The van der Waals surface area contributed by atoms with Crippen molar-refractivity contribution in [3.63, 3.8) is 0 Å². The van der Waals surface area contributed by atoms with E-state index in [4.69, 9.17) is 0 Å². The standard InChI is InChI=1S/C17H23F5N4O2S/c1-11(14-4-3-12(18)9-15(14)19)10-24-16(23-2)25-13-5-7-26(8-6-13)29(27,28)17(20,21)22/h3-4,9,11,13H,5-8,10H2,1-2H3,(H2,23,24,25). The maximum absolute atomic E-state index is 13.8. The average molecular weight is 442 g/mol. The molecule has 6 nitrogen and oxygen atoms in total. The molecule has 2 rings (SSSR count). The maximum atomic E-state index is 13.8. The zero-order valence-electron chi connectivity index (χ0n) is 15.9. The summed E-state index contributed by atoms with van der Waals surface area (Å²) in [6.07, 6.45) is 0.357. The summed E-state index contributed by atoms with van der Waals surface area (Å²) >= 11 is 0. The van der Waals surface area contributed by atoms with E-state index in [-0.39, 0.29) is 44.4 Å². The van der Waals surface area contributed by atoms with Crippen LogP contribution in [0.2, 0.25) is 0 Å². The van der Waals surface area contributed by atoms with Gasteiger partial charge in [-0.2, -0.15) is 17.5 Å². The Balaban J connectivity index is 1.87. The van der Waals surface area contributed by atoms with Crippen molar-refractivity contribution >= 4 is 16.0 Å². The lowest BCUT2D eigenvalue weighted by atomic mass is 10.0. The molecule has 0 saturated carbocycles. The van der Waals surface area contributed by atoms with E-state index in [0.717, 1.165) is 6.07 Å². The predicted molar refractivity (Wildman–Crippen MR) is 98.8 cm³/mol. The van der Waals surface area contributed by atoms with Gasteiger partial charge in [0.1, 0.15) is 11.6 Å². The lowest BCUT2D eigenvalue weighted by molar-refractivity contribution is -0.0494. The molecule has 1 fully saturated rings. The largest absolute Gasteiger partial charge is 0.511 e. The summed E-state index contributed by atoms with van der Waals surface area (Å²) in [7, 11) is -3.82. The van der Waals surface area contributed by atoms with Gasteiger partial charge in [0.05, 0.1) is 0 Å². The number of rotatable bonds is 5. The average Bonchev–Trinajstić information content (AvgIpc) is 2.64. The summed E-state index contributed by atoms with van der Waals surface area (Å²) in [5.41, 5.74) is -4.98. The number of nitrogens with one attached hydrogen (secondary N) is 2. The number of guanidine groups is 1. The van der Waals surface area contributed by atoms with Crippen molar-refractivity contribution in [3.05, 3.63) is 35.4 Å². The van der Waals surface area contributed by atoms with E-state index < -0.39 is 27.2 Å². The smallest absolute Gasteiger partial charge is 0.356 e. The molecule has 12 heteroatoms. The van der Waals surface area contributed by atoms with Crippen LogP contribution in [0.15, 0.2) is 23.2 Å². The van der Waals surface area contributed by atoms with E-state index >= 15 is 0 Å². The van der Waals surface area contributed by atoms with Crippen LogP contribution in [-0.2, 0) is 10.0 Å². The fourth-order valence-corrected chi connectivity index (χ4v) is 4.02. The third-order valence-corrected chi connectivity index (χ3v) is 6.35. The van der Waals surface area contributed by atoms with Gasteiger partial charge in [0, 0.05) is 44.7 Å². The summed E-state index contributed by atoms with van der Waals surface area (Å²) in [5.74, 6) is -1.26. The molecule has 0 aromatic heterocycles. The minimum Gasteiger partial charge on any atom is -0.356 e. The third-order valence-electron chi connectivity index (χ3n) is 4.72. The number of nitrogens with zero attached hydrogens (tertiary/aromatic N) is 2. The molecule has 1 aliphatic heterocycles. The molecule has 0 amide bonds. The van der Waals surface area contributed by atoms with Gasteiger partial charge in [-0.05, 0) is 24.5 Å². The Hall–Kier alpha value is -1.95. The van der Waals surface area contributed by atoms with Gasteiger partial charge in [0.2, 0.25) is 0 Å². The van der Waals surface area contributed by atoms with Crippen LogP contribution in [0.3, 0.4) is 0 Å². The van der Waals surface area contributed by atoms with Crippen molar-refractivity contribution in [2.24, 2.45) is 4.99 Å². The minimum atomic E-state index is -5.32. The monoisotopic (exact) mass is 442 g/mol. The van der Waals surface area contributed by atoms with E-state index in [1.807, 2.05) is 0 Å². The fraction of sp³-hybridized carbons (Fsp3) is 0.588. The highest BCUT2D eigenvalue weighted by atomic mass is 32.2. The molecule has 2 N–H and O–H groups in total. The Morgan fingerprint density at radius 2 is 1.90 bits per heavy atom. The van der Waals surface area contributed by atoms with Crippen molar-refractivity contribution in [3.8, 4) is 0 Å². The Morgan fingerprint density at radius 3 is 2.41 bits per heavy atom. The second-order valence-corrected chi connectivity index (χ2v) is 8.72. The van der Waals surface area contributed by atoms with Crippen LogP contribution in [0.1, 0.15) is 31.2 Å². The zero-order valence-corrected chi connectivity index (χ0v) is 16.7. The molecule has 0 aliphatic carbocycles. The highest BCUT2D eigenvalue weighted by molar-refractivity contribution is 7.90. The Labute approximate surface area is 166 Å². The second kappa shape index (κ2) is 9.24. The number of sulfonamides is 1. The maximum Gasteiger partial charge on any atom is 0.511 e. The highest BCUT2D eigenvalue weighted by Gasteiger charge is 2.50. The number of benzene rings is 1. The molecule has 1 heterocycles. The van der Waals surface area contributed by atoms with Gasteiger partial charge in [-0.25, -0.2) is 17.2 Å². The Morgan fingerprint density at radius 1 is 1.28 bits per heavy atom. The van der Waals surface area contributed by atoms with E-state index in [1.165, 1.54) is 19.2 Å². The van der Waals surface area contributed by atoms with Crippen molar-refractivity contribution in [1.29, 1.82) is 0 Å². The first-order valence-corrected chi connectivity index (χ1v) is 10.4. The lowest BCUT2D eigenvalue weighted by Gasteiger charge is -2.32. The molecule has 1 aromatic rings. The number of hydrogen-bond donors (Lipinski definition) is 2. The van der Waals surface area contributed by atoms with Crippen LogP contribution < -0.4 is 10.6 Å². The molecule has 1 atom stereocenters. The molecular weight excluding hydrogens is 419 g/mol. The van der Waals surface area contributed by atoms with Gasteiger partial charge in [-0.15, -0.1) is 0 Å². The molecule has 1 saturated heterocycles. The molecule has 1 aliphatic rings. The number of halogens is 5. The summed E-state index contributed by atoms with van der Waals surface area (Å²) in [6.45, 7) is 1.52. The highest BCUT2D eigenvalue weighted by Crippen LogP contribution is 2.29. The first-order valence-electron chi connectivity index (χ1n) is 8.94. The summed E-state index contributed by atoms with van der Waals surface area (Å²) in [6, 6.07) is 3.08. The summed E-state index contributed by atoms with van der Waals surface area (Å²) in [5, 5.41) is 6.02. The van der Waals surface area contributed by atoms with Gasteiger partial charge >= 0.3 is 15.5 Å². The van der Waals surface area contributed by atoms with Crippen molar-refractivity contribution in [1.82, 2.24) is 14.9 Å². The normalized spacial score (nSPS) is 18.5. The van der Waals surface area contributed by atoms with Gasteiger partial charge in [-0.3, -0.25) is 4.99 Å². The SMILES string of the molecule is CN=C(NCC(C)c1ccc(F)cc1F)NC1CCN(S(=O)(=O)C(F)(F)F)CC1. The molecule has 0 spiro atoms. The molecule has 1 aromatic carbocycles. The van der Waals surface area contributed by atoms with E-state index in [2.05, 4.69) is 15.6 Å². The van der Waals surface area contributed by atoms with Gasteiger partial charge in [0.25, 0.3) is 0 Å². The number of alkyl halides is 3. The zero-order chi connectivity index (χ0) is 21.8. The molecule has 1 unspecified atom stereocenters. The van der Waals surface area contributed by atoms with Crippen LogP contribution in [0, 0.1) is 11.6 Å². The topological polar surface area (TPSA) is 73.8 Å². The number of hydrogen-bond acceptors (Lipinski definition) is 3. The van der Waals surface area contributed by atoms with E-state index in [1.54, 1.807) is 6.92 Å². The summed E-state index contributed by atoms with van der Waals surface area (Å²) in [4.78, 5) is 4.02. The summed E-state index contributed by atoms with van der Waals surface area (Å²) < 4.78 is 88.1. The first-order chi connectivity index (χ1) is 13.5. The van der Waals surface area contributed by atoms with Crippen LogP contribution in [0.5, 0.6) is 0 Å². The Bertz CT molecular complexity index is 837. The second-order valence-electron chi connectivity index (χ2n) is 6.79. The van der Waals surface area contributed by atoms with Crippen LogP contribution in [-0.4, -0.2) is 56.9 Å². The predicted octanol–water partition coefficient (Wildman–Crippen LogP) is 2.55. The first kappa shape index (κ1) is 23.3. The van der Waals surface area contributed by atoms with Gasteiger partial charge in [0.15, 0.2) is 5.96 Å². The molecule has 164 valence electrons. The van der Waals surface area contributed by atoms with E-state index in [0.29, 0.717) is 15.8 Å². The molecule has 0 radical (unpaired) electrons. The van der Waals surface area contributed by atoms with Crippen molar-refractivity contribution in [2.45, 2.75) is 37.2 Å². The molecule has 29 heavy (non-hydrogen) atoms.